The molecule has 21 heavy (non-hydrogen) atoms. The minimum Gasteiger partial charge on any atom is -0.483 e. The fourth-order valence-corrected chi connectivity index (χ4v) is 1.64. The van der Waals surface area contributed by atoms with Crippen LogP contribution in [0.5, 0.6) is 5.75 Å². The largest absolute Gasteiger partial charge is 0.483 e. The molecule has 1 amide bonds. The molecule has 0 radical (unpaired) electrons. The maximum absolute atomic E-state index is 11.7. The van der Waals surface area contributed by atoms with E-state index in [2.05, 4.69) is 10.5 Å². The summed E-state index contributed by atoms with van der Waals surface area (Å²) in [5.41, 5.74) is 0.841. The van der Waals surface area contributed by atoms with Crippen LogP contribution in [-0.2, 0) is 4.79 Å². The molecule has 0 aliphatic carbocycles. The first kappa shape index (κ1) is 14.6. The van der Waals surface area contributed by atoms with Gasteiger partial charge in [0, 0.05) is 6.07 Å². The zero-order valence-electron chi connectivity index (χ0n) is 11.5. The van der Waals surface area contributed by atoms with Crippen LogP contribution >= 0.6 is 0 Å². The molecule has 2 aromatic rings. The summed E-state index contributed by atoms with van der Waals surface area (Å²) in [6.07, 6.45) is 0. The minimum atomic E-state index is -1.05. The number of ether oxygens (including phenoxy) is 1. The van der Waals surface area contributed by atoms with E-state index in [1.54, 1.807) is 26.0 Å². The summed E-state index contributed by atoms with van der Waals surface area (Å²) in [5.74, 6) is -0.236. The van der Waals surface area contributed by atoms with Crippen LogP contribution in [0.25, 0.3) is 0 Å². The topological polar surface area (TPSA) is 102 Å². The molecule has 110 valence electrons. The minimum absolute atomic E-state index is 0.100. The van der Waals surface area contributed by atoms with Gasteiger partial charge >= 0.3 is 5.97 Å². The fourth-order valence-electron chi connectivity index (χ4n) is 1.64. The van der Waals surface area contributed by atoms with Crippen molar-refractivity contribution in [3.8, 4) is 5.75 Å². The standard InChI is InChI=1S/C14H14N2O5/c1-8-3-4-10(14(18)19)6-11(8)20-7-13(17)15-12-5-9(2)21-16-12/h3-6H,7H2,1-2H3,(H,18,19)(H,15,16,17). The van der Waals surface area contributed by atoms with Gasteiger partial charge in [-0.25, -0.2) is 4.79 Å². The molecule has 0 aliphatic heterocycles. The highest BCUT2D eigenvalue weighted by Crippen LogP contribution is 2.19. The monoisotopic (exact) mass is 290 g/mol. The van der Waals surface area contributed by atoms with E-state index in [4.69, 9.17) is 14.4 Å². The molecular formula is C14H14N2O5. The Morgan fingerprint density at radius 2 is 2.10 bits per heavy atom. The van der Waals surface area contributed by atoms with Crippen LogP contribution in [0.3, 0.4) is 0 Å². The predicted octanol–water partition coefficient (Wildman–Crippen LogP) is 2.01. The number of nitrogens with zero attached hydrogens (tertiary/aromatic N) is 1. The molecule has 1 aromatic heterocycles. The number of hydrogen-bond acceptors (Lipinski definition) is 5. The van der Waals surface area contributed by atoms with E-state index in [1.807, 2.05) is 0 Å². The summed E-state index contributed by atoms with van der Waals surface area (Å²) in [6, 6.07) is 6.06. The van der Waals surface area contributed by atoms with Crippen molar-refractivity contribution in [3.05, 3.63) is 41.2 Å². The number of amides is 1. The number of carboxylic acids is 1. The average molecular weight is 290 g/mol. The summed E-state index contributed by atoms with van der Waals surface area (Å²) in [4.78, 5) is 22.6. The molecule has 0 atom stereocenters. The van der Waals surface area contributed by atoms with Crippen LogP contribution in [0.1, 0.15) is 21.7 Å². The normalized spacial score (nSPS) is 10.2. The van der Waals surface area contributed by atoms with Crippen molar-refractivity contribution in [3.63, 3.8) is 0 Å². The van der Waals surface area contributed by atoms with Gasteiger partial charge < -0.3 is 19.7 Å². The van der Waals surface area contributed by atoms with Crippen LogP contribution in [0, 0.1) is 13.8 Å². The van der Waals surface area contributed by atoms with Crippen LogP contribution in [0.4, 0.5) is 5.82 Å². The number of anilines is 1. The smallest absolute Gasteiger partial charge is 0.335 e. The summed E-state index contributed by atoms with van der Waals surface area (Å²) in [7, 11) is 0. The fraction of sp³-hybridized carbons (Fsp3) is 0.214. The zero-order valence-corrected chi connectivity index (χ0v) is 11.5. The molecule has 2 N–H and O–H groups in total. The predicted molar refractivity (Wildman–Crippen MR) is 73.5 cm³/mol. The van der Waals surface area contributed by atoms with E-state index in [9.17, 15) is 9.59 Å². The molecule has 2 rings (SSSR count). The first-order chi connectivity index (χ1) is 9.95. The molecule has 1 heterocycles. The van der Waals surface area contributed by atoms with Gasteiger partial charge in [-0.1, -0.05) is 11.2 Å². The van der Waals surface area contributed by atoms with E-state index in [1.165, 1.54) is 12.1 Å². The Bertz CT molecular complexity index is 678. The highest BCUT2D eigenvalue weighted by atomic mass is 16.5. The second-order valence-corrected chi connectivity index (χ2v) is 4.45. The van der Waals surface area contributed by atoms with E-state index < -0.39 is 11.9 Å². The van der Waals surface area contributed by atoms with Gasteiger partial charge in [0.15, 0.2) is 12.4 Å². The summed E-state index contributed by atoms with van der Waals surface area (Å²) >= 11 is 0. The van der Waals surface area contributed by atoms with Crippen molar-refractivity contribution < 1.29 is 24.0 Å². The second-order valence-electron chi connectivity index (χ2n) is 4.45. The Balaban J connectivity index is 1.97. The van der Waals surface area contributed by atoms with Crippen LogP contribution in [0.15, 0.2) is 28.8 Å². The van der Waals surface area contributed by atoms with Crippen molar-refractivity contribution >= 4 is 17.7 Å². The lowest BCUT2D eigenvalue weighted by molar-refractivity contribution is -0.118. The molecule has 0 fully saturated rings. The maximum atomic E-state index is 11.7. The molecule has 0 bridgehead atoms. The van der Waals surface area contributed by atoms with E-state index >= 15 is 0 Å². The molecule has 0 saturated heterocycles. The first-order valence-corrected chi connectivity index (χ1v) is 6.15. The molecule has 1 aromatic carbocycles. The number of carboxylic acid groups (broad SMARTS) is 1. The SMILES string of the molecule is Cc1cc(NC(=O)COc2cc(C(=O)O)ccc2C)no1. The number of benzene rings is 1. The van der Waals surface area contributed by atoms with Crippen LogP contribution in [0.2, 0.25) is 0 Å². The first-order valence-electron chi connectivity index (χ1n) is 6.15. The Morgan fingerprint density at radius 1 is 1.33 bits per heavy atom. The van der Waals surface area contributed by atoms with Crippen molar-refractivity contribution in [2.24, 2.45) is 0 Å². The third kappa shape index (κ3) is 3.82. The van der Waals surface area contributed by atoms with Gasteiger partial charge in [-0.2, -0.15) is 0 Å². The quantitative estimate of drug-likeness (QED) is 0.873. The number of aromatic nitrogens is 1. The zero-order chi connectivity index (χ0) is 15.4. The number of nitrogens with one attached hydrogen (secondary N) is 1. The highest BCUT2D eigenvalue weighted by Gasteiger charge is 2.10. The van der Waals surface area contributed by atoms with E-state index in [0.29, 0.717) is 17.3 Å². The number of aryl methyl sites for hydroxylation is 2. The van der Waals surface area contributed by atoms with Crippen molar-refractivity contribution in [2.75, 3.05) is 11.9 Å². The Morgan fingerprint density at radius 3 is 2.71 bits per heavy atom. The molecular weight excluding hydrogens is 276 g/mol. The van der Waals surface area contributed by atoms with Gasteiger partial charge in [-0.05, 0) is 31.5 Å². The van der Waals surface area contributed by atoms with Crippen LogP contribution < -0.4 is 10.1 Å². The Hall–Kier alpha value is -2.83. The number of carbonyl (C=O) groups excluding carboxylic acids is 1. The maximum Gasteiger partial charge on any atom is 0.335 e. The van der Waals surface area contributed by atoms with Gasteiger partial charge in [-0.3, -0.25) is 4.79 Å². The number of carbonyl (C=O) groups is 2. The Labute approximate surface area is 120 Å². The molecule has 7 nitrogen and oxygen atoms in total. The van der Waals surface area contributed by atoms with E-state index in [-0.39, 0.29) is 12.2 Å². The number of rotatable bonds is 5. The van der Waals surface area contributed by atoms with Crippen molar-refractivity contribution in [1.82, 2.24) is 5.16 Å². The molecule has 0 unspecified atom stereocenters. The van der Waals surface area contributed by atoms with Gasteiger partial charge in [-0.15, -0.1) is 0 Å². The molecule has 0 spiro atoms. The second kappa shape index (κ2) is 6.08. The van der Waals surface area contributed by atoms with Gasteiger partial charge in [0.05, 0.1) is 5.56 Å². The highest BCUT2D eigenvalue weighted by molar-refractivity contribution is 5.91. The van der Waals surface area contributed by atoms with Crippen LogP contribution in [-0.4, -0.2) is 28.7 Å². The van der Waals surface area contributed by atoms with Crippen molar-refractivity contribution in [1.29, 1.82) is 0 Å². The van der Waals surface area contributed by atoms with E-state index in [0.717, 1.165) is 5.56 Å². The lowest BCUT2D eigenvalue weighted by Crippen LogP contribution is -2.20. The van der Waals surface area contributed by atoms with Gasteiger partial charge in [0.2, 0.25) is 0 Å². The third-order valence-corrected chi connectivity index (χ3v) is 2.69. The summed E-state index contributed by atoms with van der Waals surface area (Å²) in [5, 5.41) is 15.1. The average Bonchev–Trinajstić information content (AvgIpc) is 2.82. The third-order valence-electron chi connectivity index (χ3n) is 2.69. The summed E-state index contributed by atoms with van der Waals surface area (Å²) < 4.78 is 10.2. The summed E-state index contributed by atoms with van der Waals surface area (Å²) in [6.45, 7) is 3.22. The molecule has 0 saturated carbocycles. The number of aromatic carboxylic acids is 1. The molecule has 0 aliphatic rings. The Kier molecular flexibility index (Phi) is 4.22. The number of hydrogen-bond donors (Lipinski definition) is 2. The lowest BCUT2D eigenvalue weighted by atomic mass is 10.1. The van der Waals surface area contributed by atoms with Gasteiger partial charge in [0.1, 0.15) is 11.5 Å². The lowest BCUT2D eigenvalue weighted by Gasteiger charge is -2.09. The van der Waals surface area contributed by atoms with Gasteiger partial charge in [0.25, 0.3) is 5.91 Å². The molecule has 7 heteroatoms. The van der Waals surface area contributed by atoms with Crippen molar-refractivity contribution in [2.45, 2.75) is 13.8 Å².